The number of amides is 1. The molecule has 1 aromatic heterocycles. The van der Waals surface area contributed by atoms with Gasteiger partial charge in [-0.15, -0.1) is 0 Å². The molecule has 6 heteroatoms. The van der Waals surface area contributed by atoms with Gasteiger partial charge < -0.3 is 14.2 Å². The Morgan fingerprint density at radius 2 is 1.80 bits per heavy atom. The van der Waals surface area contributed by atoms with Gasteiger partial charge in [0.05, 0.1) is 23.7 Å². The van der Waals surface area contributed by atoms with E-state index in [1.54, 1.807) is 11.8 Å². The molecular weight excluding hydrogens is 438 g/mol. The van der Waals surface area contributed by atoms with E-state index in [-0.39, 0.29) is 25.0 Å². The lowest BCUT2D eigenvalue weighted by Crippen LogP contribution is -2.41. The third-order valence-electron chi connectivity index (χ3n) is 6.71. The van der Waals surface area contributed by atoms with Crippen LogP contribution in [0.1, 0.15) is 42.4 Å². The van der Waals surface area contributed by atoms with Crippen molar-refractivity contribution < 1.29 is 14.3 Å². The van der Waals surface area contributed by atoms with E-state index >= 15 is 0 Å². The molecule has 0 N–H and O–H groups in total. The third kappa shape index (κ3) is 3.99. The molecule has 178 valence electrons. The van der Waals surface area contributed by atoms with Crippen LogP contribution < -0.4 is 4.90 Å². The molecule has 1 aliphatic rings. The van der Waals surface area contributed by atoms with E-state index < -0.39 is 11.9 Å². The maximum absolute atomic E-state index is 13.6. The maximum atomic E-state index is 13.6. The SMILES string of the molecule is CCOC(=O)C(Cc1cccc(C2c3cccc4c3nc(C)n42)c1)C(=O)N(CC)c1ccccc1. The van der Waals surface area contributed by atoms with Crippen LogP contribution in [0.25, 0.3) is 11.0 Å². The highest BCUT2D eigenvalue weighted by atomic mass is 16.5. The number of anilines is 1. The number of aryl methyl sites for hydroxylation is 1. The van der Waals surface area contributed by atoms with Crippen molar-refractivity contribution in [3.63, 3.8) is 0 Å². The van der Waals surface area contributed by atoms with Crippen LogP contribution in [0.15, 0.2) is 72.8 Å². The van der Waals surface area contributed by atoms with Crippen LogP contribution in [-0.4, -0.2) is 34.6 Å². The van der Waals surface area contributed by atoms with Crippen molar-refractivity contribution in [1.82, 2.24) is 9.55 Å². The van der Waals surface area contributed by atoms with Gasteiger partial charge in [-0.25, -0.2) is 4.98 Å². The summed E-state index contributed by atoms with van der Waals surface area (Å²) in [5, 5.41) is 0. The highest BCUT2D eigenvalue weighted by Gasteiger charge is 2.34. The topological polar surface area (TPSA) is 64.4 Å². The standard InChI is InChI=1S/C29H29N3O3/c1-4-31(22-13-7-6-8-14-22)28(33)24(29(34)35-5-2)18-20-11-9-12-21(17-20)27-23-15-10-16-25-26(23)30-19(3)32(25)27/h6-17,24,27H,4-5,18H2,1-3H3. The van der Waals surface area contributed by atoms with Crippen molar-refractivity contribution in [3.05, 3.63) is 95.3 Å². The van der Waals surface area contributed by atoms with Gasteiger partial charge in [-0.1, -0.05) is 54.6 Å². The van der Waals surface area contributed by atoms with Crippen LogP contribution >= 0.6 is 0 Å². The Hall–Kier alpha value is -3.93. The van der Waals surface area contributed by atoms with E-state index in [2.05, 4.69) is 34.9 Å². The summed E-state index contributed by atoms with van der Waals surface area (Å²) in [6.45, 7) is 6.40. The molecule has 0 spiro atoms. The Kier molecular flexibility index (Phi) is 6.12. The second-order valence-corrected chi connectivity index (χ2v) is 8.82. The van der Waals surface area contributed by atoms with Crippen molar-refractivity contribution in [1.29, 1.82) is 0 Å². The second kappa shape index (κ2) is 9.37. The smallest absolute Gasteiger partial charge is 0.318 e. The average molecular weight is 468 g/mol. The molecule has 0 saturated carbocycles. The van der Waals surface area contributed by atoms with Crippen LogP contribution in [0.4, 0.5) is 5.69 Å². The number of rotatable bonds is 8. The van der Waals surface area contributed by atoms with E-state index in [0.717, 1.165) is 33.7 Å². The van der Waals surface area contributed by atoms with Crippen LogP contribution in [0.3, 0.4) is 0 Å². The van der Waals surface area contributed by atoms with Gasteiger partial charge in [-0.05, 0) is 56.5 Å². The summed E-state index contributed by atoms with van der Waals surface area (Å²) in [5.41, 5.74) is 6.18. The molecule has 0 saturated heterocycles. The molecule has 2 unspecified atom stereocenters. The number of hydrogen-bond acceptors (Lipinski definition) is 4. The number of hydrogen-bond donors (Lipinski definition) is 0. The number of carbonyl (C=O) groups is 2. The summed E-state index contributed by atoms with van der Waals surface area (Å²) < 4.78 is 7.59. The number of imidazole rings is 1. The van der Waals surface area contributed by atoms with Gasteiger partial charge in [0.2, 0.25) is 5.91 Å². The quantitative estimate of drug-likeness (QED) is 0.236. The van der Waals surface area contributed by atoms with E-state index in [4.69, 9.17) is 9.72 Å². The lowest BCUT2D eigenvalue weighted by atomic mass is 9.93. The number of carbonyl (C=O) groups excluding carboxylic acids is 2. The Morgan fingerprint density at radius 1 is 1.03 bits per heavy atom. The highest BCUT2D eigenvalue weighted by molar-refractivity contribution is 6.06. The molecular formula is C29H29N3O3. The minimum atomic E-state index is -0.919. The minimum absolute atomic E-state index is 0.0562. The van der Waals surface area contributed by atoms with Gasteiger partial charge >= 0.3 is 5.97 Å². The first-order valence-corrected chi connectivity index (χ1v) is 12.1. The second-order valence-electron chi connectivity index (χ2n) is 8.82. The monoisotopic (exact) mass is 467 g/mol. The number of nitrogens with zero attached hydrogens (tertiary/aromatic N) is 3. The largest absolute Gasteiger partial charge is 0.465 e. The maximum Gasteiger partial charge on any atom is 0.318 e. The zero-order valence-electron chi connectivity index (χ0n) is 20.3. The summed E-state index contributed by atoms with van der Waals surface area (Å²) in [4.78, 5) is 32.9. The molecule has 0 radical (unpaired) electrons. The van der Waals surface area contributed by atoms with Crippen molar-refractivity contribution >= 4 is 28.6 Å². The first-order chi connectivity index (χ1) is 17.0. The van der Waals surface area contributed by atoms with Crippen molar-refractivity contribution in [2.45, 2.75) is 33.2 Å². The number of aromatic nitrogens is 2. The molecule has 1 amide bonds. The van der Waals surface area contributed by atoms with Crippen LogP contribution in [-0.2, 0) is 20.7 Å². The van der Waals surface area contributed by atoms with E-state index in [9.17, 15) is 9.59 Å². The summed E-state index contributed by atoms with van der Waals surface area (Å²) in [5.74, 6) is -0.672. The molecule has 2 heterocycles. The van der Waals surface area contributed by atoms with E-state index in [1.807, 2.05) is 56.3 Å². The third-order valence-corrected chi connectivity index (χ3v) is 6.71. The highest BCUT2D eigenvalue weighted by Crippen LogP contribution is 2.41. The predicted octanol–water partition coefficient (Wildman–Crippen LogP) is 5.07. The van der Waals surface area contributed by atoms with Gasteiger partial charge in [-0.2, -0.15) is 0 Å². The molecule has 4 bridgehead atoms. The number of esters is 1. The molecule has 35 heavy (non-hydrogen) atoms. The van der Waals surface area contributed by atoms with Gasteiger partial charge in [-0.3, -0.25) is 9.59 Å². The van der Waals surface area contributed by atoms with Crippen molar-refractivity contribution in [2.75, 3.05) is 18.1 Å². The Morgan fingerprint density at radius 3 is 2.51 bits per heavy atom. The van der Waals surface area contributed by atoms with Gasteiger partial charge in [0.25, 0.3) is 0 Å². The number of benzene rings is 3. The first-order valence-electron chi connectivity index (χ1n) is 12.1. The number of ether oxygens (including phenoxy) is 1. The zero-order valence-corrected chi connectivity index (χ0v) is 20.3. The lowest BCUT2D eigenvalue weighted by molar-refractivity contribution is -0.151. The van der Waals surface area contributed by atoms with Gasteiger partial charge in [0, 0.05) is 17.8 Å². The average Bonchev–Trinajstić information content (AvgIpc) is 3.27. The van der Waals surface area contributed by atoms with E-state index in [0.29, 0.717) is 6.54 Å². The van der Waals surface area contributed by atoms with E-state index in [1.165, 1.54) is 5.56 Å². The summed E-state index contributed by atoms with van der Waals surface area (Å²) in [7, 11) is 0. The predicted molar refractivity (Wildman–Crippen MR) is 136 cm³/mol. The fourth-order valence-corrected chi connectivity index (χ4v) is 5.17. The minimum Gasteiger partial charge on any atom is -0.465 e. The molecule has 3 aromatic carbocycles. The molecule has 0 aliphatic carbocycles. The number of para-hydroxylation sites is 2. The lowest BCUT2D eigenvalue weighted by Gasteiger charge is -2.26. The van der Waals surface area contributed by atoms with Crippen molar-refractivity contribution in [3.8, 4) is 0 Å². The normalized spacial score (nSPS) is 14.9. The first kappa shape index (κ1) is 22.8. The summed E-state index contributed by atoms with van der Waals surface area (Å²) in [6, 6.07) is 24.0. The fraction of sp³-hybridized carbons (Fsp3) is 0.276. The summed E-state index contributed by atoms with van der Waals surface area (Å²) in [6.07, 6.45) is 0.277. The van der Waals surface area contributed by atoms with Gasteiger partial charge in [0.1, 0.15) is 11.7 Å². The molecule has 6 nitrogen and oxygen atoms in total. The molecule has 2 atom stereocenters. The van der Waals surface area contributed by atoms with Crippen LogP contribution in [0, 0.1) is 12.8 Å². The zero-order chi connectivity index (χ0) is 24.5. The molecule has 4 aromatic rings. The Labute approximate surface area is 205 Å². The Balaban J connectivity index is 1.46. The molecule has 5 rings (SSSR count). The van der Waals surface area contributed by atoms with Gasteiger partial charge in [0.15, 0.2) is 0 Å². The Bertz CT molecular complexity index is 1390. The van der Waals surface area contributed by atoms with Crippen LogP contribution in [0.2, 0.25) is 0 Å². The van der Waals surface area contributed by atoms with Crippen molar-refractivity contribution in [2.24, 2.45) is 5.92 Å². The molecule has 1 aliphatic heterocycles. The summed E-state index contributed by atoms with van der Waals surface area (Å²) >= 11 is 0. The fourth-order valence-electron chi connectivity index (χ4n) is 5.17. The van der Waals surface area contributed by atoms with Crippen LogP contribution in [0.5, 0.6) is 0 Å². The molecule has 0 fully saturated rings.